The maximum atomic E-state index is 11.4. The van der Waals surface area contributed by atoms with Crippen LogP contribution in [0, 0.1) is 0 Å². The fraction of sp³-hybridized carbons (Fsp3) is 0.800. The number of rotatable bonds is 4. The molecule has 1 saturated carbocycles. The van der Waals surface area contributed by atoms with Gasteiger partial charge in [-0.05, 0) is 12.8 Å². The molecule has 1 aliphatic rings. The van der Waals surface area contributed by atoms with Crippen molar-refractivity contribution in [3.8, 4) is 0 Å². The van der Waals surface area contributed by atoms with E-state index in [-0.39, 0.29) is 12.3 Å². The molecule has 0 unspecified atom stereocenters. The number of amides is 2. The number of hydrogen-bond acceptors (Lipinski definition) is 3. The molecule has 0 aromatic rings. The average Bonchev–Trinajstić information content (AvgIpc) is 2.19. The van der Waals surface area contributed by atoms with Crippen molar-refractivity contribution in [2.45, 2.75) is 44.1 Å². The van der Waals surface area contributed by atoms with Crippen LogP contribution in [0.1, 0.15) is 38.5 Å². The minimum Gasteiger partial charge on any atom is -0.368 e. The summed E-state index contributed by atoms with van der Waals surface area (Å²) in [6.07, 6.45) is 4.52. The van der Waals surface area contributed by atoms with Gasteiger partial charge >= 0.3 is 0 Å². The minimum absolute atomic E-state index is 0.182. The number of carbonyl (C=O) groups is 2. The molecule has 0 aromatic carbocycles. The van der Waals surface area contributed by atoms with Gasteiger partial charge in [0.15, 0.2) is 0 Å². The maximum absolute atomic E-state index is 11.4. The summed E-state index contributed by atoms with van der Waals surface area (Å²) in [6.45, 7) is 0.292. The van der Waals surface area contributed by atoms with Gasteiger partial charge in [0.25, 0.3) is 0 Å². The van der Waals surface area contributed by atoms with Crippen LogP contribution in [0.25, 0.3) is 0 Å². The summed E-state index contributed by atoms with van der Waals surface area (Å²) in [5, 5.41) is 2.74. The molecule has 0 atom stereocenters. The monoisotopic (exact) mass is 213 g/mol. The fourth-order valence-electron chi connectivity index (χ4n) is 2.05. The third kappa shape index (κ3) is 2.92. The van der Waals surface area contributed by atoms with Gasteiger partial charge in [-0.2, -0.15) is 0 Å². The molecule has 0 aliphatic heterocycles. The largest absolute Gasteiger partial charge is 0.368 e. The number of nitrogens with two attached hydrogens (primary N) is 2. The summed E-state index contributed by atoms with van der Waals surface area (Å²) < 4.78 is 0. The van der Waals surface area contributed by atoms with E-state index < -0.39 is 11.4 Å². The second kappa shape index (κ2) is 5.11. The van der Waals surface area contributed by atoms with Crippen molar-refractivity contribution in [3.63, 3.8) is 0 Å². The molecule has 5 nitrogen and oxygen atoms in total. The molecule has 0 spiro atoms. The quantitative estimate of drug-likeness (QED) is 0.594. The molecule has 86 valence electrons. The zero-order valence-corrected chi connectivity index (χ0v) is 8.92. The van der Waals surface area contributed by atoms with Gasteiger partial charge in [-0.3, -0.25) is 9.59 Å². The van der Waals surface area contributed by atoms with Gasteiger partial charge in [-0.1, -0.05) is 19.3 Å². The molecule has 1 aliphatic carbocycles. The fourth-order valence-corrected chi connectivity index (χ4v) is 2.05. The Morgan fingerprint density at radius 1 is 1.20 bits per heavy atom. The molecule has 0 saturated heterocycles. The van der Waals surface area contributed by atoms with Crippen LogP contribution >= 0.6 is 0 Å². The van der Waals surface area contributed by atoms with Gasteiger partial charge in [0, 0.05) is 13.0 Å². The summed E-state index contributed by atoms with van der Waals surface area (Å²) in [5.41, 5.74) is 9.82. The Hall–Kier alpha value is -1.10. The molecule has 0 radical (unpaired) electrons. The zero-order chi connectivity index (χ0) is 11.3. The molecule has 0 bridgehead atoms. The van der Waals surface area contributed by atoms with Crippen molar-refractivity contribution in [3.05, 3.63) is 0 Å². The lowest BCUT2D eigenvalue weighted by molar-refractivity contribution is -0.132. The lowest BCUT2D eigenvalue weighted by Gasteiger charge is -2.35. The zero-order valence-electron chi connectivity index (χ0n) is 8.92. The Morgan fingerprint density at radius 3 is 2.27 bits per heavy atom. The molecule has 0 aromatic heterocycles. The van der Waals surface area contributed by atoms with Gasteiger partial charge in [-0.25, -0.2) is 0 Å². The molecular formula is C10H19N3O2. The number of hydrogen-bond donors (Lipinski definition) is 3. The van der Waals surface area contributed by atoms with E-state index in [0.717, 1.165) is 19.3 Å². The number of nitrogens with one attached hydrogen (secondary N) is 1. The highest BCUT2D eigenvalue weighted by Gasteiger charge is 2.38. The van der Waals surface area contributed by atoms with Crippen LogP contribution in [-0.4, -0.2) is 23.9 Å². The van der Waals surface area contributed by atoms with E-state index in [1.54, 1.807) is 0 Å². The first-order valence-electron chi connectivity index (χ1n) is 5.42. The highest BCUT2D eigenvalue weighted by atomic mass is 16.2. The first kappa shape index (κ1) is 12.0. The Balaban J connectivity index is 2.64. The van der Waals surface area contributed by atoms with Crippen molar-refractivity contribution >= 4 is 11.8 Å². The van der Waals surface area contributed by atoms with Crippen molar-refractivity contribution in [1.82, 2.24) is 5.32 Å². The highest BCUT2D eigenvalue weighted by Crippen LogP contribution is 2.27. The Kier molecular flexibility index (Phi) is 4.08. The Morgan fingerprint density at radius 2 is 1.80 bits per heavy atom. The molecular weight excluding hydrogens is 194 g/mol. The summed E-state index contributed by atoms with van der Waals surface area (Å²) in [6, 6.07) is 0. The first-order chi connectivity index (χ1) is 7.10. The Bertz CT molecular complexity index is 247. The molecule has 5 heteroatoms. The van der Waals surface area contributed by atoms with E-state index in [1.165, 1.54) is 0 Å². The van der Waals surface area contributed by atoms with Gasteiger partial charge in [0.2, 0.25) is 11.8 Å². The van der Waals surface area contributed by atoms with E-state index in [2.05, 4.69) is 5.32 Å². The predicted octanol–water partition coefficient (Wildman–Crippen LogP) is -0.360. The lowest BCUT2D eigenvalue weighted by Crippen LogP contribution is -2.58. The SMILES string of the molecule is NCCC(=O)NC1(C(N)=O)CCCCC1. The lowest BCUT2D eigenvalue weighted by atomic mass is 9.81. The number of primary amides is 1. The second-order valence-electron chi connectivity index (χ2n) is 4.09. The first-order valence-corrected chi connectivity index (χ1v) is 5.42. The van der Waals surface area contributed by atoms with Crippen LogP contribution in [0.4, 0.5) is 0 Å². The predicted molar refractivity (Wildman–Crippen MR) is 56.8 cm³/mol. The van der Waals surface area contributed by atoms with E-state index in [1.807, 2.05) is 0 Å². The standard InChI is InChI=1S/C10H19N3O2/c11-7-4-8(14)13-10(9(12)15)5-2-1-3-6-10/h1-7,11H2,(H2,12,15)(H,13,14). The second-order valence-corrected chi connectivity index (χ2v) is 4.09. The van der Waals surface area contributed by atoms with Crippen LogP contribution in [0.5, 0.6) is 0 Å². The van der Waals surface area contributed by atoms with Crippen LogP contribution in [0.15, 0.2) is 0 Å². The van der Waals surface area contributed by atoms with Crippen molar-refractivity contribution in [2.24, 2.45) is 11.5 Å². The van der Waals surface area contributed by atoms with E-state index in [9.17, 15) is 9.59 Å². The molecule has 1 rings (SSSR count). The van der Waals surface area contributed by atoms with Gasteiger partial charge in [0.05, 0.1) is 0 Å². The smallest absolute Gasteiger partial charge is 0.243 e. The average molecular weight is 213 g/mol. The van der Waals surface area contributed by atoms with E-state index >= 15 is 0 Å². The summed E-state index contributed by atoms with van der Waals surface area (Å²) in [7, 11) is 0. The summed E-state index contributed by atoms with van der Waals surface area (Å²) in [5.74, 6) is -0.606. The highest BCUT2D eigenvalue weighted by molar-refractivity contribution is 5.90. The van der Waals surface area contributed by atoms with Gasteiger partial charge in [-0.15, -0.1) is 0 Å². The Labute approximate surface area is 89.6 Å². The summed E-state index contributed by atoms with van der Waals surface area (Å²) in [4.78, 5) is 22.8. The van der Waals surface area contributed by atoms with Crippen molar-refractivity contribution < 1.29 is 9.59 Å². The third-order valence-electron chi connectivity index (χ3n) is 2.93. The molecule has 1 fully saturated rings. The van der Waals surface area contributed by atoms with Gasteiger partial charge < -0.3 is 16.8 Å². The third-order valence-corrected chi connectivity index (χ3v) is 2.93. The maximum Gasteiger partial charge on any atom is 0.243 e. The van der Waals surface area contributed by atoms with Crippen molar-refractivity contribution in [1.29, 1.82) is 0 Å². The molecule has 15 heavy (non-hydrogen) atoms. The topological polar surface area (TPSA) is 98.2 Å². The number of carbonyl (C=O) groups excluding carboxylic acids is 2. The normalized spacial score (nSPS) is 19.5. The van der Waals surface area contributed by atoms with Crippen LogP contribution < -0.4 is 16.8 Å². The van der Waals surface area contributed by atoms with Crippen molar-refractivity contribution in [2.75, 3.05) is 6.54 Å². The molecule has 5 N–H and O–H groups in total. The van der Waals surface area contributed by atoms with E-state index in [0.29, 0.717) is 19.4 Å². The van der Waals surface area contributed by atoms with E-state index in [4.69, 9.17) is 11.5 Å². The minimum atomic E-state index is -0.815. The molecule has 0 heterocycles. The summed E-state index contributed by atoms with van der Waals surface area (Å²) >= 11 is 0. The van der Waals surface area contributed by atoms with Crippen LogP contribution in [0.2, 0.25) is 0 Å². The van der Waals surface area contributed by atoms with Gasteiger partial charge in [0.1, 0.15) is 5.54 Å². The molecule has 2 amide bonds. The van der Waals surface area contributed by atoms with Crippen LogP contribution in [-0.2, 0) is 9.59 Å². The van der Waals surface area contributed by atoms with Crippen LogP contribution in [0.3, 0.4) is 0 Å².